The predicted molar refractivity (Wildman–Crippen MR) is 94.1 cm³/mol. The Morgan fingerprint density at radius 3 is 2.68 bits per heavy atom. The third-order valence-electron chi connectivity index (χ3n) is 3.83. The second kappa shape index (κ2) is 8.04. The number of non-ortho nitro benzene ring substituents is 1. The Bertz CT molecular complexity index is 780. The van der Waals surface area contributed by atoms with Gasteiger partial charge in [0.2, 0.25) is 5.91 Å². The molecule has 0 radical (unpaired) electrons. The summed E-state index contributed by atoms with van der Waals surface area (Å²) in [6.07, 6.45) is 0. The Morgan fingerprint density at radius 2 is 2.04 bits per heavy atom. The van der Waals surface area contributed by atoms with Gasteiger partial charge in [0.25, 0.3) is 5.69 Å². The van der Waals surface area contributed by atoms with Gasteiger partial charge in [0.15, 0.2) is 0 Å². The first-order chi connectivity index (χ1) is 11.8. The molecule has 0 aromatic heterocycles. The van der Waals surface area contributed by atoms with Crippen LogP contribution in [0.2, 0.25) is 5.02 Å². The first-order valence-corrected chi connectivity index (χ1v) is 7.86. The fraction of sp³-hybridized carbons (Fsp3) is 0.235. The maximum atomic E-state index is 13.9. The standard InChI is InChI=1S/C17H17ClFN3O3/c1-11(21(2)10-14-15(18)7-4-8-16(14)19)17(23)20-12-5-3-6-13(9-12)22(24)25/h3-9,11H,10H2,1-2H3,(H,20,23)/t11-/m1/s1. The number of hydrogen-bond donors (Lipinski definition) is 1. The molecule has 132 valence electrons. The molecule has 25 heavy (non-hydrogen) atoms. The smallest absolute Gasteiger partial charge is 0.271 e. The fourth-order valence-electron chi connectivity index (χ4n) is 2.21. The summed E-state index contributed by atoms with van der Waals surface area (Å²) in [5.41, 5.74) is 0.516. The summed E-state index contributed by atoms with van der Waals surface area (Å²) in [4.78, 5) is 24.2. The van der Waals surface area contributed by atoms with Crippen LogP contribution in [0.15, 0.2) is 42.5 Å². The minimum absolute atomic E-state index is 0.114. The maximum absolute atomic E-state index is 13.9. The summed E-state index contributed by atoms with van der Waals surface area (Å²) in [7, 11) is 1.67. The lowest BCUT2D eigenvalue weighted by molar-refractivity contribution is -0.384. The largest absolute Gasteiger partial charge is 0.324 e. The topological polar surface area (TPSA) is 75.5 Å². The minimum Gasteiger partial charge on any atom is -0.324 e. The molecule has 0 saturated carbocycles. The molecule has 0 fully saturated rings. The Morgan fingerprint density at radius 1 is 1.36 bits per heavy atom. The van der Waals surface area contributed by atoms with Crippen LogP contribution in [0.4, 0.5) is 15.8 Å². The molecule has 0 aliphatic heterocycles. The van der Waals surface area contributed by atoms with E-state index in [1.165, 1.54) is 30.3 Å². The van der Waals surface area contributed by atoms with E-state index in [0.717, 1.165) is 0 Å². The van der Waals surface area contributed by atoms with Crippen molar-refractivity contribution < 1.29 is 14.1 Å². The van der Waals surface area contributed by atoms with Crippen LogP contribution in [-0.2, 0) is 11.3 Å². The zero-order valence-corrected chi connectivity index (χ0v) is 14.5. The molecule has 0 heterocycles. The van der Waals surface area contributed by atoms with E-state index in [9.17, 15) is 19.3 Å². The summed E-state index contributed by atoms with van der Waals surface area (Å²) in [6, 6.07) is 9.47. The molecule has 0 spiro atoms. The van der Waals surface area contributed by atoms with E-state index in [4.69, 9.17) is 11.6 Å². The van der Waals surface area contributed by atoms with E-state index in [-0.39, 0.29) is 23.2 Å². The second-order valence-electron chi connectivity index (χ2n) is 5.59. The van der Waals surface area contributed by atoms with Crippen LogP contribution in [0.25, 0.3) is 0 Å². The fourth-order valence-corrected chi connectivity index (χ4v) is 2.44. The van der Waals surface area contributed by atoms with Crippen LogP contribution < -0.4 is 5.32 Å². The molecule has 6 nitrogen and oxygen atoms in total. The molecular formula is C17H17ClFN3O3. The highest BCUT2D eigenvalue weighted by molar-refractivity contribution is 6.31. The first kappa shape index (κ1) is 18.8. The van der Waals surface area contributed by atoms with Crippen LogP contribution >= 0.6 is 11.6 Å². The zero-order chi connectivity index (χ0) is 18.6. The molecule has 0 aliphatic carbocycles. The van der Waals surface area contributed by atoms with Gasteiger partial charge in [-0.2, -0.15) is 0 Å². The molecular weight excluding hydrogens is 349 g/mol. The number of nitrogens with zero attached hydrogens (tertiary/aromatic N) is 2. The summed E-state index contributed by atoms with van der Waals surface area (Å²) >= 11 is 6.00. The summed E-state index contributed by atoms with van der Waals surface area (Å²) in [5, 5.41) is 13.7. The molecule has 1 N–H and O–H groups in total. The molecule has 2 aromatic carbocycles. The van der Waals surface area contributed by atoms with Gasteiger partial charge in [-0.3, -0.25) is 19.8 Å². The van der Waals surface area contributed by atoms with E-state index < -0.39 is 16.8 Å². The van der Waals surface area contributed by atoms with Crippen molar-refractivity contribution in [1.29, 1.82) is 0 Å². The molecule has 0 aliphatic rings. The summed E-state index contributed by atoms with van der Waals surface area (Å²) in [6.45, 7) is 1.80. The number of likely N-dealkylation sites (N-methyl/N-ethyl adjacent to an activating group) is 1. The number of anilines is 1. The molecule has 0 unspecified atom stereocenters. The molecule has 2 rings (SSSR count). The number of carbonyl (C=O) groups is 1. The summed E-state index contributed by atoms with van der Waals surface area (Å²) in [5.74, 6) is -0.805. The maximum Gasteiger partial charge on any atom is 0.271 e. The number of hydrogen-bond acceptors (Lipinski definition) is 4. The molecule has 1 amide bonds. The van der Waals surface area contributed by atoms with E-state index in [1.54, 1.807) is 31.0 Å². The van der Waals surface area contributed by atoms with E-state index in [2.05, 4.69) is 5.32 Å². The highest BCUT2D eigenvalue weighted by Crippen LogP contribution is 2.22. The third-order valence-corrected chi connectivity index (χ3v) is 4.19. The number of halogens is 2. The van der Waals surface area contributed by atoms with Gasteiger partial charge in [-0.05, 0) is 32.2 Å². The van der Waals surface area contributed by atoms with Gasteiger partial charge in [0, 0.05) is 35.0 Å². The minimum atomic E-state index is -0.602. The number of amides is 1. The van der Waals surface area contributed by atoms with Crippen molar-refractivity contribution in [2.24, 2.45) is 0 Å². The lowest BCUT2D eigenvalue weighted by Crippen LogP contribution is -2.39. The second-order valence-corrected chi connectivity index (χ2v) is 6.00. The highest BCUT2D eigenvalue weighted by atomic mass is 35.5. The van der Waals surface area contributed by atoms with Crippen LogP contribution in [0.3, 0.4) is 0 Å². The van der Waals surface area contributed by atoms with Crippen molar-refractivity contribution in [3.63, 3.8) is 0 Å². The van der Waals surface area contributed by atoms with E-state index in [1.807, 2.05) is 0 Å². The highest BCUT2D eigenvalue weighted by Gasteiger charge is 2.21. The van der Waals surface area contributed by atoms with Crippen molar-refractivity contribution in [2.75, 3.05) is 12.4 Å². The first-order valence-electron chi connectivity index (χ1n) is 7.48. The number of nitro benzene ring substituents is 1. The normalized spacial score (nSPS) is 12.0. The lowest BCUT2D eigenvalue weighted by Gasteiger charge is -2.24. The molecule has 1 atom stereocenters. The molecule has 0 bridgehead atoms. The molecule has 0 saturated heterocycles. The summed E-state index contributed by atoms with van der Waals surface area (Å²) < 4.78 is 13.9. The van der Waals surface area contributed by atoms with E-state index in [0.29, 0.717) is 11.3 Å². The molecule has 2 aromatic rings. The zero-order valence-electron chi connectivity index (χ0n) is 13.7. The number of nitrogens with one attached hydrogen (secondary N) is 1. The van der Waals surface area contributed by atoms with Crippen molar-refractivity contribution in [3.8, 4) is 0 Å². The number of carbonyl (C=O) groups excluding carboxylic acids is 1. The number of nitro groups is 1. The average Bonchev–Trinajstić information content (AvgIpc) is 2.57. The Labute approximate surface area is 149 Å². The Hall–Kier alpha value is -2.51. The van der Waals surface area contributed by atoms with Crippen molar-refractivity contribution in [2.45, 2.75) is 19.5 Å². The van der Waals surface area contributed by atoms with Gasteiger partial charge >= 0.3 is 0 Å². The number of rotatable bonds is 6. The van der Waals surface area contributed by atoms with Crippen LogP contribution in [-0.4, -0.2) is 28.8 Å². The molecule has 8 heteroatoms. The monoisotopic (exact) mass is 365 g/mol. The van der Waals surface area contributed by atoms with Gasteiger partial charge in [-0.15, -0.1) is 0 Å². The Kier molecular flexibility index (Phi) is 6.06. The lowest BCUT2D eigenvalue weighted by atomic mass is 10.1. The van der Waals surface area contributed by atoms with Gasteiger partial charge in [0.05, 0.1) is 11.0 Å². The SMILES string of the molecule is C[C@H](C(=O)Nc1cccc([N+](=O)[O-])c1)N(C)Cc1c(F)cccc1Cl. The van der Waals surface area contributed by atoms with Crippen molar-refractivity contribution in [3.05, 3.63) is 69.0 Å². The van der Waals surface area contributed by atoms with Crippen molar-refractivity contribution >= 4 is 28.9 Å². The van der Waals surface area contributed by atoms with E-state index >= 15 is 0 Å². The predicted octanol–water partition coefficient (Wildman–Crippen LogP) is 3.85. The van der Waals surface area contributed by atoms with Gasteiger partial charge in [-0.1, -0.05) is 23.7 Å². The van der Waals surface area contributed by atoms with Crippen LogP contribution in [0.1, 0.15) is 12.5 Å². The van der Waals surface area contributed by atoms with Crippen LogP contribution in [0, 0.1) is 15.9 Å². The van der Waals surface area contributed by atoms with Crippen molar-refractivity contribution in [1.82, 2.24) is 4.90 Å². The van der Waals surface area contributed by atoms with Gasteiger partial charge in [-0.25, -0.2) is 4.39 Å². The van der Waals surface area contributed by atoms with Gasteiger partial charge in [0.1, 0.15) is 5.82 Å². The van der Waals surface area contributed by atoms with Gasteiger partial charge < -0.3 is 5.32 Å². The number of benzene rings is 2. The average molecular weight is 366 g/mol. The quantitative estimate of drug-likeness (QED) is 0.623. The Balaban J connectivity index is 2.06. The third kappa shape index (κ3) is 4.74. The van der Waals surface area contributed by atoms with Crippen LogP contribution in [0.5, 0.6) is 0 Å².